The molecule has 0 aliphatic carbocycles. The summed E-state index contributed by atoms with van der Waals surface area (Å²) in [7, 11) is 0.920. The number of hydrogen-bond acceptors (Lipinski definition) is 2. The number of carbonyl (C=O) groups is 1. The minimum Gasteiger partial charge on any atom is -0.450 e. The lowest BCUT2D eigenvalue weighted by Gasteiger charge is -1.95. The van der Waals surface area contributed by atoms with E-state index in [2.05, 4.69) is 0 Å². The Kier molecular flexibility index (Phi) is 2.23. The quantitative estimate of drug-likeness (QED) is 0.445. The van der Waals surface area contributed by atoms with E-state index in [4.69, 9.17) is 5.02 Å². The maximum absolute atomic E-state index is 10.3. The van der Waals surface area contributed by atoms with Crippen LogP contribution in [-0.4, -0.2) is 18.8 Å². The third kappa shape index (κ3) is 1.25. The molecule has 10 heavy (non-hydrogen) atoms. The largest absolute Gasteiger partial charge is 0.450 e. The van der Waals surface area contributed by atoms with E-state index in [1.165, 1.54) is 0 Å². The highest BCUT2D eigenvalue weighted by atomic mass is 16.2. The molecule has 1 aromatic carbocycles. The predicted molar refractivity (Wildman–Crippen MR) is 39.4 cm³/mol. The SMILES string of the molecule is O=Cc1ccccc1[B]O. The molecule has 0 saturated heterocycles. The first-order valence-electron chi connectivity index (χ1n) is 2.90. The van der Waals surface area contributed by atoms with Crippen LogP contribution >= 0.6 is 0 Å². The van der Waals surface area contributed by atoms with Crippen molar-refractivity contribution >= 4 is 19.2 Å². The maximum atomic E-state index is 10.3. The van der Waals surface area contributed by atoms with Gasteiger partial charge in [0.25, 0.3) is 0 Å². The summed E-state index contributed by atoms with van der Waals surface area (Å²) in [6.45, 7) is 0. The molecule has 2 nitrogen and oxygen atoms in total. The normalized spacial score (nSPS) is 8.90. The molecule has 0 atom stereocenters. The molecule has 0 amide bonds. The molecule has 0 bridgehead atoms. The van der Waals surface area contributed by atoms with E-state index >= 15 is 0 Å². The van der Waals surface area contributed by atoms with E-state index in [9.17, 15) is 4.79 Å². The van der Waals surface area contributed by atoms with Crippen molar-refractivity contribution in [1.82, 2.24) is 0 Å². The Morgan fingerprint density at radius 2 is 2.10 bits per heavy atom. The first-order valence-corrected chi connectivity index (χ1v) is 2.90. The highest BCUT2D eigenvalue weighted by molar-refractivity contribution is 6.47. The Morgan fingerprint density at radius 1 is 1.40 bits per heavy atom. The fourth-order valence-electron chi connectivity index (χ4n) is 0.736. The van der Waals surface area contributed by atoms with E-state index < -0.39 is 0 Å². The van der Waals surface area contributed by atoms with Crippen molar-refractivity contribution in [2.75, 3.05) is 0 Å². The molecule has 1 aromatic rings. The number of rotatable bonds is 2. The molecular formula is C7H6BO2. The Labute approximate surface area is 59.8 Å². The van der Waals surface area contributed by atoms with Crippen LogP contribution < -0.4 is 5.46 Å². The molecule has 0 aliphatic heterocycles. The zero-order valence-corrected chi connectivity index (χ0v) is 5.32. The highest BCUT2D eigenvalue weighted by Crippen LogP contribution is 1.89. The van der Waals surface area contributed by atoms with Crippen LogP contribution in [-0.2, 0) is 0 Å². The van der Waals surface area contributed by atoms with E-state index in [0.717, 1.165) is 7.48 Å². The summed E-state index contributed by atoms with van der Waals surface area (Å²) in [5.41, 5.74) is 1.06. The fourth-order valence-corrected chi connectivity index (χ4v) is 0.736. The topological polar surface area (TPSA) is 37.3 Å². The van der Waals surface area contributed by atoms with Gasteiger partial charge in [-0.15, -0.1) is 0 Å². The van der Waals surface area contributed by atoms with Crippen molar-refractivity contribution in [2.24, 2.45) is 0 Å². The van der Waals surface area contributed by atoms with Crippen LogP contribution in [0, 0.1) is 0 Å². The Morgan fingerprint density at radius 3 is 2.60 bits per heavy atom. The van der Waals surface area contributed by atoms with Gasteiger partial charge in [-0.25, -0.2) is 0 Å². The van der Waals surface area contributed by atoms with Crippen molar-refractivity contribution < 1.29 is 9.82 Å². The highest BCUT2D eigenvalue weighted by Gasteiger charge is 1.98. The average molecular weight is 133 g/mol. The van der Waals surface area contributed by atoms with Crippen LogP contribution in [0.2, 0.25) is 0 Å². The van der Waals surface area contributed by atoms with E-state index in [1.807, 2.05) is 0 Å². The molecule has 0 spiro atoms. The third-order valence-corrected chi connectivity index (χ3v) is 1.26. The fraction of sp³-hybridized carbons (Fsp3) is 0. The van der Waals surface area contributed by atoms with Crippen molar-refractivity contribution in [3.05, 3.63) is 29.8 Å². The lowest BCUT2D eigenvalue weighted by atomic mass is 9.85. The Bertz CT molecular complexity index is 235. The summed E-state index contributed by atoms with van der Waals surface area (Å²) in [6, 6.07) is 6.82. The summed E-state index contributed by atoms with van der Waals surface area (Å²) in [6.07, 6.45) is 0.710. The molecule has 0 fully saturated rings. The predicted octanol–water partition coefficient (Wildman–Crippen LogP) is -0.264. The van der Waals surface area contributed by atoms with E-state index in [0.29, 0.717) is 17.3 Å². The molecule has 49 valence electrons. The van der Waals surface area contributed by atoms with Crippen LogP contribution in [0.1, 0.15) is 10.4 Å². The van der Waals surface area contributed by atoms with Crippen molar-refractivity contribution in [3.63, 3.8) is 0 Å². The Hall–Kier alpha value is -1.09. The smallest absolute Gasteiger partial charge is 0.327 e. The number of hydrogen-bond donors (Lipinski definition) is 1. The standard InChI is InChI=1S/C7H6BO2/c9-5-6-3-1-2-4-7(6)8-10/h1-5,10H. The number of aldehydes is 1. The van der Waals surface area contributed by atoms with Crippen LogP contribution in [0.25, 0.3) is 0 Å². The number of benzene rings is 1. The van der Waals surface area contributed by atoms with Gasteiger partial charge in [0, 0.05) is 5.56 Å². The number of carbonyl (C=O) groups excluding carboxylic acids is 1. The molecule has 0 saturated carbocycles. The van der Waals surface area contributed by atoms with Crippen LogP contribution in [0.3, 0.4) is 0 Å². The van der Waals surface area contributed by atoms with Crippen molar-refractivity contribution in [2.45, 2.75) is 0 Å². The average Bonchev–Trinajstić information content (AvgIpc) is 2.04. The first kappa shape index (κ1) is 7.03. The molecule has 0 heterocycles. The summed E-state index contributed by atoms with van der Waals surface area (Å²) in [5.74, 6) is 0. The summed E-state index contributed by atoms with van der Waals surface area (Å²) >= 11 is 0. The van der Waals surface area contributed by atoms with Gasteiger partial charge < -0.3 is 5.02 Å². The van der Waals surface area contributed by atoms with Gasteiger partial charge in [0.15, 0.2) is 0 Å². The monoisotopic (exact) mass is 133 g/mol. The van der Waals surface area contributed by atoms with Crippen LogP contribution in [0.5, 0.6) is 0 Å². The molecule has 1 N–H and O–H groups in total. The van der Waals surface area contributed by atoms with Gasteiger partial charge in [0.2, 0.25) is 0 Å². The van der Waals surface area contributed by atoms with Gasteiger partial charge in [-0.3, -0.25) is 4.79 Å². The lowest BCUT2D eigenvalue weighted by molar-refractivity contribution is 0.112. The van der Waals surface area contributed by atoms with Crippen molar-refractivity contribution in [1.29, 1.82) is 0 Å². The Balaban J connectivity index is 3.08. The van der Waals surface area contributed by atoms with Crippen molar-refractivity contribution in [3.8, 4) is 0 Å². The minimum absolute atomic E-state index is 0.505. The first-order chi connectivity index (χ1) is 4.88. The zero-order valence-electron chi connectivity index (χ0n) is 5.32. The van der Waals surface area contributed by atoms with Crippen LogP contribution in [0.15, 0.2) is 24.3 Å². The second-order valence-corrected chi connectivity index (χ2v) is 1.88. The summed E-state index contributed by atoms with van der Waals surface area (Å²) < 4.78 is 0. The van der Waals surface area contributed by atoms with E-state index in [1.54, 1.807) is 24.3 Å². The second kappa shape index (κ2) is 3.18. The molecule has 0 aliphatic rings. The molecule has 1 radical (unpaired) electrons. The maximum Gasteiger partial charge on any atom is 0.327 e. The van der Waals surface area contributed by atoms with Gasteiger partial charge in [-0.05, 0) is 5.46 Å². The summed E-state index contributed by atoms with van der Waals surface area (Å²) in [4.78, 5) is 10.3. The molecule has 0 aromatic heterocycles. The molecule has 3 heteroatoms. The van der Waals surface area contributed by atoms with Gasteiger partial charge in [-0.2, -0.15) is 0 Å². The van der Waals surface area contributed by atoms with Gasteiger partial charge in [0.05, 0.1) is 0 Å². The second-order valence-electron chi connectivity index (χ2n) is 1.88. The van der Waals surface area contributed by atoms with Gasteiger partial charge >= 0.3 is 7.48 Å². The third-order valence-electron chi connectivity index (χ3n) is 1.26. The van der Waals surface area contributed by atoms with Crippen LogP contribution in [0.4, 0.5) is 0 Å². The molecule has 0 unspecified atom stereocenters. The van der Waals surface area contributed by atoms with E-state index in [-0.39, 0.29) is 0 Å². The summed E-state index contributed by atoms with van der Waals surface area (Å²) in [5, 5.41) is 8.57. The molecular weight excluding hydrogens is 127 g/mol. The van der Waals surface area contributed by atoms with Gasteiger partial charge in [0.1, 0.15) is 6.29 Å². The van der Waals surface area contributed by atoms with Gasteiger partial charge in [-0.1, -0.05) is 24.3 Å². The minimum atomic E-state index is 0.505. The molecule has 1 rings (SSSR count). The zero-order chi connectivity index (χ0) is 7.40. The lowest BCUT2D eigenvalue weighted by Crippen LogP contribution is -2.17.